The summed E-state index contributed by atoms with van der Waals surface area (Å²) in [5.74, 6) is 1.82. The normalized spacial score (nSPS) is 16.2. The molecule has 2 heterocycles. The van der Waals surface area contributed by atoms with Gasteiger partial charge in [-0.05, 0) is 49.1 Å². The third-order valence-corrected chi connectivity index (χ3v) is 5.53. The number of hydrogen-bond donors (Lipinski definition) is 0. The third-order valence-electron chi connectivity index (χ3n) is 5.20. The van der Waals surface area contributed by atoms with E-state index < -0.39 is 0 Å². The van der Waals surface area contributed by atoms with Crippen molar-refractivity contribution in [3.8, 4) is 17.1 Å². The fourth-order valence-electron chi connectivity index (χ4n) is 3.63. The van der Waals surface area contributed by atoms with Crippen molar-refractivity contribution in [1.82, 2.24) is 15.0 Å². The molecule has 29 heavy (non-hydrogen) atoms. The number of benzene rings is 2. The molecule has 1 saturated heterocycles. The summed E-state index contributed by atoms with van der Waals surface area (Å²) in [5, 5.41) is 4.64. The van der Waals surface area contributed by atoms with Gasteiger partial charge < -0.3 is 14.2 Å². The number of methoxy groups -OCH3 is 1. The Labute approximate surface area is 174 Å². The maximum atomic E-state index is 12.8. The molecule has 0 aliphatic carbocycles. The maximum Gasteiger partial charge on any atom is 0.249 e. The largest absolute Gasteiger partial charge is 0.497 e. The molecule has 1 aromatic heterocycles. The van der Waals surface area contributed by atoms with Crippen LogP contribution in [-0.4, -0.2) is 34.6 Å². The highest BCUT2D eigenvalue weighted by molar-refractivity contribution is 6.33. The molecule has 1 aliphatic rings. The standard InChI is InChI=1S/C22H22ClN3O3/c1-28-16-11-8-15(9-12-16)10-13-20(27)26-14-4-7-19(26)22-24-21(25-29-22)17-5-2-3-6-18(17)23/h2-3,5-6,8-9,11-12,19H,4,7,10,13-14H2,1H3/t19-/m0/s1. The van der Waals surface area contributed by atoms with Gasteiger partial charge in [-0.2, -0.15) is 4.98 Å². The molecule has 0 saturated carbocycles. The summed E-state index contributed by atoms with van der Waals surface area (Å²) in [5.41, 5.74) is 1.83. The van der Waals surface area contributed by atoms with Crippen LogP contribution in [0.1, 0.15) is 36.8 Å². The fraction of sp³-hybridized carbons (Fsp3) is 0.318. The first-order valence-electron chi connectivity index (χ1n) is 9.66. The molecule has 0 unspecified atom stereocenters. The Balaban J connectivity index is 1.43. The van der Waals surface area contributed by atoms with Crippen molar-refractivity contribution >= 4 is 17.5 Å². The van der Waals surface area contributed by atoms with Crippen LogP contribution in [0.15, 0.2) is 53.1 Å². The molecule has 0 N–H and O–H groups in total. The van der Waals surface area contributed by atoms with Gasteiger partial charge >= 0.3 is 0 Å². The van der Waals surface area contributed by atoms with Crippen molar-refractivity contribution in [3.63, 3.8) is 0 Å². The van der Waals surface area contributed by atoms with E-state index in [1.807, 2.05) is 47.4 Å². The van der Waals surface area contributed by atoms with E-state index in [2.05, 4.69) is 10.1 Å². The lowest BCUT2D eigenvalue weighted by Gasteiger charge is -2.21. The predicted molar refractivity (Wildman–Crippen MR) is 110 cm³/mol. The molecule has 2 aromatic carbocycles. The van der Waals surface area contributed by atoms with Gasteiger partial charge in [-0.15, -0.1) is 0 Å². The summed E-state index contributed by atoms with van der Waals surface area (Å²) >= 11 is 6.23. The summed E-state index contributed by atoms with van der Waals surface area (Å²) in [7, 11) is 1.64. The number of amides is 1. The highest BCUT2D eigenvalue weighted by atomic mass is 35.5. The van der Waals surface area contributed by atoms with Gasteiger partial charge in [0, 0.05) is 18.5 Å². The number of halogens is 1. The number of rotatable bonds is 6. The molecule has 3 aromatic rings. The van der Waals surface area contributed by atoms with E-state index in [0.717, 1.165) is 29.7 Å². The van der Waals surface area contributed by atoms with Crippen LogP contribution in [0.3, 0.4) is 0 Å². The highest BCUT2D eigenvalue weighted by Gasteiger charge is 2.33. The van der Waals surface area contributed by atoms with Crippen molar-refractivity contribution < 1.29 is 14.1 Å². The Morgan fingerprint density at radius 1 is 1.24 bits per heavy atom. The number of carbonyl (C=O) groups is 1. The number of carbonyl (C=O) groups excluding carboxylic acids is 1. The Kier molecular flexibility index (Phi) is 5.81. The van der Waals surface area contributed by atoms with E-state index in [1.54, 1.807) is 13.2 Å². The van der Waals surface area contributed by atoms with E-state index in [9.17, 15) is 4.79 Å². The topological polar surface area (TPSA) is 68.5 Å². The smallest absolute Gasteiger partial charge is 0.249 e. The Morgan fingerprint density at radius 2 is 2.03 bits per heavy atom. The van der Waals surface area contributed by atoms with Crippen molar-refractivity contribution in [1.29, 1.82) is 0 Å². The van der Waals surface area contributed by atoms with Gasteiger partial charge in [-0.1, -0.05) is 41.0 Å². The van der Waals surface area contributed by atoms with Crippen LogP contribution >= 0.6 is 11.6 Å². The van der Waals surface area contributed by atoms with Gasteiger partial charge in [-0.3, -0.25) is 4.79 Å². The first-order chi connectivity index (χ1) is 14.2. The van der Waals surface area contributed by atoms with Crippen molar-refractivity contribution in [2.45, 2.75) is 31.7 Å². The molecule has 6 nitrogen and oxygen atoms in total. The van der Waals surface area contributed by atoms with Crippen molar-refractivity contribution in [2.75, 3.05) is 13.7 Å². The average molecular weight is 412 g/mol. The lowest BCUT2D eigenvalue weighted by Crippen LogP contribution is -2.30. The minimum atomic E-state index is -0.179. The van der Waals surface area contributed by atoms with Gasteiger partial charge in [-0.25, -0.2) is 0 Å². The summed E-state index contributed by atoms with van der Waals surface area (Å²) in [4.78, 5) is 19.2. The minimum Gasteiger partial charge on any atom is -0.497 e. The summed E-state index contributed by atoms with van der Waals surface area (Å²) in [6.45, 7) is 0.704. The molecule has 0 bridgehead atoms. The molecule has 0 spiro atoms. The van der Waals surface area contributed by atoms with Crippen LogP contribution < -0.4 is 4.74 Å². The van der Waals surface area contributed by atoms with Crippen LogP contribution in [0.2, 0.25) is 5.02 Å². The summed E-state index contributed by atoms with van der Waals surface area (Å²) in [6.07, 6.45) is 2.86. The minimum absolute atomic E-state index is 0.0980. The van der Waals surface area contributed by atoms with Crippen molar-refractivity contribution in [2.24, 2.45) is 0 Å². The van der Waals surface area contributed by atoms with Gasteiger partial charge in [0.15, 0.2) is 0 Å². The summed E-state index contributed by atoms with van der Waals surface area (Å²) in [6, 6.07) is 15.0. The van der Waals surface area contributed by atoms with Crippen molar-refractivity contribution in [3.05, 3.63) is 65.0 Å². The third kappa shape index (κ3) is 4.27. The first kappa shape index (κ1) is 19.5. The number of nitrogens with zero attached hydrogens (tertiary/aromatic N) is 3. The molecule has 1 aliphatic heterocycles. The second-order valence-corrected chi connectivity index (χ2v) is 7.44. The van der Waals surface area contributed by atoms with Gasteiger partial charge in [0.05, 0.1) is 12.1 Å². The molecular formula is C22H22ClN3O3. The molecule has 1 fully saturated rings. The number of aryl methyl sites for hydroxylation is 1. The zero-order chi connectivity index (χ0) is 20.2. The maximum absolute atomic E-state index is 12.8. The molecule has 7 heteroatoms. The zero-order valence-corrected chi connectivity index (χ0v) is 16.9. The van der Waals surface area contributed by atoms with Crippen LogP contribution in [0.4, 0.5) is 0 Å². The summed E-state index contributed by atoms with van der Waals surface area (Å²) < 4.78 is 10.7. The van der Waals surface area contributed by atoms with E-state index in [-0.39, 0.29) is 11.9 Å². The second kappa shape index (κ2) is 8.66. The number of likely N-dealkylation sites (tertiary alicyclic amines) is 1. The van der Waals surface area contributed by atoms with Gasteiger partial charge in [0.1, 0.15) is 11.8 Å². The fourth-order valence-corrected chi connectivity index (χ4v) is 3.85. The SMILES string of the molecule is COc1ccc(CCC(=O)N2CCC[C@H]2c2nc(-c3ccccc3Cl)no2)cc1. The van der Waals surface area contributed by atoms with E-state index in [4.69, 9.17) is 20.9 Å². The first-order valence-corrected chi connectivity index (χ1v) is 10.0. The molecule has 150 valence electrons. The van der Waals surface area contributed by atoms with E-state index in [0.29, 0.717) is 36.1 Å². The van der Waals surface area contributed by atoms with E-state index in [1.165, 1.54) is 0 Å². The lowest BCUT2D eigenvalue weighted by molar-refractivity contribution is -0.132. The van der Waals surface area contributed by atoms with Crippen LogP contribution in [0.5, 0.6) is 5.75 Å². The van der Waals surface area contributed by atoms with Gasteiger partial charge in [0.2, 0.25) is 17.6 Å². The average Bonchev–Trinajstić information content (AvgIpc) is 3.42. The molecule has 1 atom stereocenters. The predicted octanol–water partition coefficient (Wildman–Crippen LogP) is 4.69. The van der Waals surface area contributed by atoms with Gasteiger partial charge in [0.25, 0.3) is 0 Å². The highest BCUT2D eigenvalue weighted by Crippen LogP contribution is 2.33. The Hall–Kier alpha value is -2.86. The van der Waals surface area contributed by atoms with E-state index >= 15 is 0 Å². The second-order valence-electron chi connectivity index (χ2n) is 7.03. The molecule has 1 amide bonds. The van der Waals surface area contributed by atoms with Crippen LogP contribution in [0, 0.1) is 0 Å². The number of aromatic nitrogens is 2. The number of ether oxygens (including phenoxy) is 1. The van der Waals surface area contributed by atoms with Crippen LogP contribution in [0.25, 0.3) is 11.4 Å². The Morgan fingerprint density at radius 3 is 2.79 bits per heavy atom. The molecular weight excluding hydrogens is 390 g/mol. The zero-order valence-electron chi connectivity index (χ0n) is 16.2. The quantitative estimate of drug-likeness (QED) is 0.588. The number of hydrogen-bond acceptors (Lipinski definition) is 5. The monoisotopic (exact) mass is 411 g/mol. The lowest BCUT2D eigenvalue weighted by atomic mass is 10.1. The molecule has 0 radical (unpaired) electrons. The molecule has 4 rings (SSSR count). The Bertz CT molecular complexity index is 987. The van der Waals surface area contributed by atoms with Crippen LogP contribution in [-0.2, 0) is 11.2 Å².